The Morgan fingerprint density at radius 3 is 2.15 bits per heavy atom. The van der Waals surface area contributed by atoms with Gasteiger partial charge < -0.3 is 5.32 Å². The normalized spacial score (nSPS) is 12.5. The van der Waals surface area contributed by atoms with Crippen LogP contribution in [-0.4, -0.2) is 26.6 Å². The lowest BCUT2D eigenvalue weighted by Crippen LogP contribution is -2.45. The molecule has 2 rings (SSSR count). The Balaban J connectivity index is 2.35. The van der Waals surface area contributed by atoms with Gasteiger partial charge in [0.05, 0.1) is 11.9 Å². The van der Waals surface area contributed by atoms with Crippen molar-refractivity contribution in [2.45, 2.75) is 33.7 Å². The van der Waals surface area contributed by atoms with E-state index in [-0.39, 0.29) is 0 Å². The van der Waals surface area contributed by atoms with Gasteiger partial charge in [-0.25, -0.2) is 8.42 Å². The molecule has 7 heteroatoms. The number of sulfonamides is 1. The number of amides is 1. The molecule has 140 valence electrons. The number of hydrogen-bond acceptors (Lipinski definition) is 3. The number of carbonyl (C=O) groups is 1. The maximum absolute atomic E-state index is 12.7. The first kappa shape index (κ1) is 20.5. The molecule has 26 heavy (non-hydrogen) atoms. The van der Waals surface area contributed by atoms with Crippen molar-refractivity contribution >= 4 is 43.2 Å². The number of nitrogens with one attached hydrogen (secondary N) is 1. The van der Waals surface area contributed by atoms with Crippen LogP contribution in [0.4, 0.5) is 11.4 Å². The number of halogens is 1. The lowest BCUT2D eigenvalue weighted by molar-refractivity contribution is -0.116. The summed E-state index contributed by atoms with van der Waals surface area (Å²) in [7, 11) is -3.64. The van der Waals surface area contributed by atoms with Gasteiger partial charge in [0.15, 0.2) is 0 Å². The van der Waals surface area contributed by atoms with Crippen LogP contribution in [0.15, 0.2) is 40.9 Å². The van der Waals surface area contributed by atoms with Crippen molar-refractivity contribution in [3.8, 4) is 0 Å². The van der Waals surface area contributed by atoms with Crippen LogP contribution in [0.25, 0.3) is 0 Å². The van der Waals surface area contributed by atoms with E-state index >= 15 is 0 Å². The number of nitrogens with zero attached hydrogens (tertiary/aromatic N) is 1. The third-order valence-corrected chi connectivity index (χ3v) is 6.11. The van der Waals surface area contributed by atoms with Crippen LogP contribution in [0, 0.1) is 20.8 Å². The number of benzene rings is 2. The first-order valence-corrected chi connectivity index (χ1v) is 10.8. The van der Waals surface area contributed by atoms with E-state index in [2.05, 4.69) is 21.2 Å². The fraction of sp³-hybridized carbons (Fsp3) is 0.316. The molecule has 2 aromatic carbocycles. The second-order valence-corrected chi connectivity index (χ2v) is 9.25. The minimum Gasteiger partial charge on any atom is -0.324 e. The summed E-state index contributed by atoms with van der Waals surface area (Å²) in [5, 5.41) is 2.80. The number of aryl methyl sites for hydroxylation is 3. The van der Waals surface area contributed by atoms with Crippen LogP contribution in [-0.2, 0) is 14.8 Å². The molecule has 0 saturated heterocycles. The van der Waals surface area contributed by atoms with Crippen molar-refractivity contribution in [1.29, 1.82) is 0 Å². The molecule has 2 aromatic rings. The fourth-order valence-corrected chi connectivity index (χ4v) is 4.26. The van der Waals surface area contributed by atoms with E-state index in [1.54, 1.807) is 25.1 Å². The third kappa shape index (κ3) is 4.86. The molecule has 0 aliphatic rings. The lowest BCUT2D eigenvalue weighted by atomic mass is 10.1. The first-order chi connectivity index (χ1) is 12.0. The molecule has 0 spiro atoms. The van der Waals surface area contributed by atoms with Crippen LogP contribution in [0.2, 0.25) is 0 Å². The molecule has 0 aliphatic heterocycles. The highest BCUT2D eigenvalue weighted by molar-refractivity contribution is 9.10. The summed E-state index contributed by atoms with van der Waals surface area (Å²) in [6.07, 6.45) is 1.11. The average Bonchev–Trinajstić information content (AvgIpc) is 2.48. The second-order valence-electron chi connectivity index (χ2n) is 6.53. The molecule has 0 radical (unpaired) electrons. The summed E-state index contributed by atoms with van der Waals surface area (Å²) in [6.45, 7) is 7.29. The van der Waals surface area contributed by atoms with Gasteiger partial charge in [-0.3, -0.25) is 9.10 Å². The van der Waals surface area contributed by atoms with Gasteiger partial charge in [-0.15, -0.1) is 0 Å². The maximum Gasteiger partial charge on any atom is 0.247 e. The molecule has 0 saturated carbocycles. The molecular formula is C19H23BrN2O3S. The molecule has 1 amide bonds. The Morgan fingerprint density at radius 1 is 1.08 bits per heavy atom. The summed E-state index contributed by atoms with van der Waals surface area (Å²) >= 11 is 3.42. The summed E-state index contributed by atoms with van der Waals surface area (Å²) in [6, 6.07) is 10.0. The lowest BCUT2D eigenvalue weighted by Gasteiger charge is -2.29. The summed E-state index contributed by atoms with van der Waals surface area (Å²) in [5.41, 5.74) is 3.95. The van der Waals surface area contributed by atoms with Crippen molar-refractivity contribution in [3.63, 3.8) is 0 Å². The molecule has 0 aliphatic carbocycles. The Labute approximate surface area is 163 Å². The molecule has 0 aromatic heterocycles. The topological polar surface area (TPSA) is 66.5 Å². The zero-order valence-corrected chi connectivity index (χ0v) is 17.9. The van der Waals surface area contributed by atoms with Gasteiger partial charge in [-0.1, -0.05) is 22.0 Å². The minimum atomic E-state index is -3.64. The van der Waals surface area contributed by atoms with E-state index < -0.39 is 22.0 Å². The van der Waals surface area contributed by atoms with E-state index in [0.29, 0.717) is 11.4 Å². The van der Waals surface area contributed by atoms with Gasteiger partial charge in [0.25, 0.3) is 0 Å². The van der Waals surface area contributed by atoms with Crippen molar-refractivity contribution in [2.24, 2.45) is 0 Å². The molecule has 1 unspecified atom stereocenters. The molecule has 0 heterocycles. The second kappa shape index (κ2) is 7.80. The highest BCUT2D eigenvalue weighted by atomic mass is 79.9. The van der Waals surface area contributed by atoms with Gasteiger partial charge in [0.1, 0.15) is 6.04 Å². The molecule has 0 bridgehead atoms. The molecular weight excluding hydrogens is 416 g/mol. The minimum absolute atomic E-state index is 0.392. The summed E-state index contributed by atoms with van der Waals surface area (Å²) in [4.78, 5) is 12.7. The van der Waals surface area contributed by atoms with Crippen LogP contribution < -0.4 is 9.62 Å². The predicted molar refractivity (Wildman–Crippen MR) is 110 cm³/mol. The van der Waals surface area contributed by atoms with E-state index in [9.17, 15) is 13.2 Å². The van der Waals surface area contributed by atoms with E-state index in [0.717, 1.165) is 31.7 Å². The largest absolute Gasteiger partial charge is 0.324 e. The predicted octanol–water partition coefficient (Wildman–Crippen LogP) is 4.17. The monoisotopic (exact) mass is 438 g/mol. The van der Waals surface area contributed by atoms with Crippen molar-refractivity contribution in [3.05, 3.63) is 57.6 Å². The van der Waals surface area contributed by atoms with Gasteiger partial charge >= 0.3 is 0 Å². The molecule has 1 atom stereocenters. The molecule has 0 fully saturated rings. The van der Waals surface area contributed by atoms with Crippen molar-refractivity contribution in [2.75, 3.05) is 15.9 Å². The Kier molecular flexibility index (Phi) is 6.13. The fourth-order valence-electron chi connectivity index (χ4n) is 2.86. The summed E-state index contributed by atoms with van der Waals surface area (Å²) in [5.74, 6) is -0.392. The van der Waals surface area contributed by atoms with Gasteiger partial charge in [-0.2, -0.15) is 0 Å². The highest BCUT2D eigenvalue weighted by Crippen LogP contribution is 2.25. The Bertz CT molecular complexity index is 922. The van der Waals surface area contributed by atoms with Crippen LogP contribution in [0.1, 0.15) is 23.6 Å². The maximum atomic E-state index is 12.7. The van der Waals surface area contributed by atoms with E-state index in [1.165, 1.54) is 0 Å². The van der Waals surface area contributed by atoms with E-state index in [4.69, 9.17) is 0 Å². The van der Waals surface area contributed by atoms with Gasteiger partial charge in [0, 0.05) is 10.2 Å². The third-order valence-electron chi connectivity index (χ3n) is 3.97. The quantitative estimate of drug-likeness (QED) is 0.761. The van der Waals surface area contributed by atoms with Crippen molar-refractivity contribution < 1.29 is 13.2 Å². The molecule has 5 nitrogen and oxygen atoms in total. The van der Waals surface area contributed by atoms with Gasteiger partial charge in [0.2, 0.25) is 15.9 Å². The highest BCUT2D eigenvalue weighted by Gasteiger charge is 2.29. The standard InChI is InChI=1S/C19H23BrN2O3S/c1-12-8-13(2)10-17(9-12)22(26(5,24)25)15(4)19(23)21-16-6-7-18(20)14(3)11-16/h6-11,15H,1-5H3,(H,21,23). The zero-order valence-electron chi connectivity index (χ0n) is 15.5. The van der Waals surface area contributed by atoms with E-state index in [1.807, 2.05) is 39.0 Å². The zero-order chi connectivity index (χ0) is 19.6. The average molecular weight is 439 g/mol. The van der Waals surface area contributed by atoms with Crippen LogP contribution in [0.5, 0.6) is 0 Å². The number of hydrogen-bond donors (Lipinski definition) is 1. The SMILES string of the molecule is Cc1cc(C)cc(N(C(C)C(=O)Nc2ccc(Br)c(C)c2)S(C)(=O)=O)c1. The number of rotatable bonds is 5. The smallest absolute Gasteiger partial charge is 0.247 e. The Morgan fingerprint density at radius 2 is 1.65 bits per heavy atom. The molecule has 1 N–H and O–H groups in total. The first-order valence-electron chi connectivity index (χ1n) is 8.14. The number of carbonyl (C=O) groups excluding carboxylic acids is 1. The Hall–Kier alpha value is -1.86. The summed E-state index contributed by atoms with van der Waals surface area (Å²) < 4.78 is 26.9. The van der Waals surface area contributed by atoms with Gasteiger partial charge in [-0.05, 0) is 74.7 Å². The van der Waals surface area contributed by atoms with Crippen LogP contribution >= 0.6 is 15.9 Å². The van der Waals surface area contributed by atoms with Crippen LogP contribution in [0.3, 0.4) is 0 Å². The van der Waals surface area contributed by atoms with Crippen molar-refractivity contribution in [1.82, 2.24) is 0 Å². The number of anilines is 2.